The molecule has 0 bridgehead atoms. The van der Waals surface area contributed by atoms with Crippen molar-refractivity contribution in [3.63, 3.8) is 0 Å². The highest BCUT2D eigenvalue weighted by Gasteiger charge is 2.20. The highest BCUT2D eigenvalue weighted by molar-refractivity contribution is 5.94. The molecule has 7 heteroatoms. The second-order valence-electron chi connectivity index (χ2n) is 7.40. The molecule has 1 aliphatic rings. The van der Waals surface area contributed by atoms with Crippen LogP contribution in [-0.4, -0.2) is 58.2 Å². The standard InChI is InChI=1S/C23H27N5O2/c1-3-27(16-18-7-5-4-6-8-18)22(29)21-13-19(17-26(21)2)20-14-24-23(25-15-20)28-9-11-30-12-10-28/h4-8,13-15,17H,3,9-12,16H2,1-2H3. The number of rotatable bonds is 6. The zero-order valence-corrected chi connectivity index (χ0v) is 17.5. The molecule has 4 rings (SSSR count). The number of aromatic nitrogens is 3. The van der Waals surface area contributed by atoms with E-state index in [1.165, 1.54) is 0 Å². The number of ether oxygens (including phenoxy) is 1. The number of hydrogen-bond donors (Lipinski definition) is 0. The fraction of sp³-hybridized carbons (Fsp3) is 0.348. The summed E-state index contributed by atoms with van der Waals surface area (Å²) in [6.45, 7) is 6.25. The smallest absolute Gasteiger partial charge is 0.270 e. The molecule has 3 aromatic rings. The highest BCUT2D eigenvalue weighted by Crippen LogP contribution is 2.23. The fourth-order valence-electron chi connectivity index (χ4n) is 3.62. The van der Waals surface area contributed by atoms with Crippen LogP contribution in [0.2, 0.25) is 0 Å². The van der Waals surface area contributed by atoms with Gasteiger partial charge >= 0.3 is 0 Å². The molecule has 1 fully saturated rings. The lowest BCUT2D eigenvalue weighted by Crippen LogP contribution is -2.37. The van der Waals surface area contributed by atoms with Gasteiger partial charge in [0.2, 0.25) is 5.95 Å². The third-order valence-electron chi connectivity index (χ3n) is 5.37. The van der Waals surface area contributed by atoms with Crippen LogP contribution in [0.25, 0.3) is 11.1 Å². The van der Waals surface area contributed by atoms with Crippen molar-refractivity contribution in [1.29, 1.82) is 0 Å². The zero-order valence-electron chi connectivity index (χ0n) is 17.5. The van der Waals surface area contributed by atoms with Gasteiger partial charge in [-0.15, -0.1) is 0 Å². The Balaban J connectivity index is 1.51. The van der Waals surface area contributed by atoms with Crippen molar-refractivity contribution in [2.75, 3.05) is 37.7 Å². The number of morpholine rings is 1. The van der Waals surface area contributed by atoms with Gasteiger partial charge in [0.1, 0.15) is 5.69 Å². The van der Waals surface area contributed by atoms with Gasteiger partial charge in [0.25, 0.3) is 5.91 Å². The van der Waals surface area contributed by atoms with Gasteiger partial charge in [-0.3, -0.25) is 4.79 Å². The van der Waals surface area contributed by atoms with E-state index in [1.807, 2.05) is 78.4 Å². The summed E-state index contributed by atoms with van der Waals surface area (Å²) in [5, 5.41) is 0. The number of amides is 1. The largest absolute Gasteiger partial charge is 0.378 e. The molecule has 0 radical (unpaired) electrons. The SMILES string of the molecule is CCN(Cc1ccccc1)C(=O)c1cc(-c2cnc(N3CCOCC3)nc2)cn1C. The minimum Gasteiger partial charge on any atom is -0.378 e. The van der Waals surface area contributed by atoms with Gasteiger partial charge in [0, 0.05) is 62.9 Å². The lowest BCUT2D eigenvalue weighted by molar-refractivity contribution is 0.0743. The van der Waals surface area contributed by atoms with Crippen molar-refractivity contribution in [2.45, 2.75) is 13.5 Å². The number of carbonyl (C=O) groups excluding carboxylic acids is 1. The number of benzene rings is 1. The van der Waals surface area contributed by atoms with Crippen LogP contribution in [0, 0.1) is 0 Å². The van der Waals surface area contributed by atoms with E-state index in [0.717, 1.165) is 29.8 Å². The third-order valence-corrected chi connectivity index (χ3v) is 5.37. The molecule has 1 amide bonds. The normalized spacial score (nSPS) is 14.0. The molecule has 1 aliphatic heterocycles. The Labute approximate surface area is 176 Å². The molecule has 0 saturated carbocycles. The van der Waals surface area contributed by atoms with Crippen LogP contribution in [0.5, 0.6) is 0 Å². The van der Waals surface area contributed by atoms with Crippen LogP contribution in [0.4, 0.5) is 5.95 Å². The van der Waals surface area contributed by atoms with Crippen LogP contribution in [0.1, 0.15) is 23.0 Å². The Morgan fingerprint density at radius 3 is 2.47 bits per heavy atom. The molecular weight excluding hydrogens is 378 g/mol. The third kappa shape index (κ3) is 4.36. The van der Waals surface area contributed by atoms with Crippen LogP contribution in [0.15, 0.2) is 55.0 Å². The number of nitrogens with zero attached hydrogens (tertiary/aromatic N) is 5. The van der Waals surface area contributed by atoms with Gasteiger partial charge < -0.3 is 19.1 Å². The molecule has 3 heterocycles. The van der Waals surface area contributed by atoms with Crippen LogP contribution in [0.3, 0.4) is 0 Å². The van der Waals surface area contributed by atoms with Crippen molar-refractivity contribution in [2.24, 2.45) is 7.05 Å². The van der Waals surface area contributed by atoms with Gasteiger partial charge in [-0.2, -0.15) is 0 Å². The summed E-state index contributed by atoms with van der Waals surface area (Å²) < 4.78 is 7.26. The maximum atomic E-state index is 13.2. The molecule has 0 unspecified atom stereocenters. The number of aryl methyl sites for hydroxylation is 1. The van der Waals surface area contributed by atoms with Crippen molar-refractivity contribution in [3.05, 3.63) is 66.2 Å². The number of hydrogen-bond acceptors (Lipinski definition) is 5. The summed E-state index contributed by atoms with van der Waals surface area (Å²) in [4.78, 5) is 26.2. The monoisotopic (exact) mass is 405 g/mol. The fourth-order valence-corrected chi connectivity index (χ4v) is 3.62. The molecule has 0 spiro atoms. The Morgan fingerprint density at radius 1 is 1.10 bits per heavy atom. The second kappa shape index (κ2) is 9.09. The van der Waals surface area contributed by atoms with Crippen molar-refractivity contribution >= 4 is 11.9 Å². The van der Waals surface area contributed by atoms with Crippen molar-refractivity contribution < 1.29 is 9.53 Å². The number of carbonyl (C=O) groups is 1. The molecule has 0 atom stereocenters. The van der Waals surface area contributed by atoms with E-state index in [0.29, 0.717) is 37.9 Å². The van der Waals surface area contributed by atoms with Crippen molar-refractivity contribution in [1.82, 2.24) is 19.4 Å². The van der Waals surface area contributed by atoms with Gasteiger partial charge in [-0.05, 0) is 18.6 Å². The molecule has 30 heavy (non-hydrogen) atoms. The molecule has 1 aromatic carbocycles. The topological polar surface area (TPSA) is 63.5 Å². The Bertz CT molecular complexity index is 979. The van der Waals surface area contributed by atoms with E-state index in [9.17, 15) is 4.79 Å². The second-order valence-corrected chi connectivity index (χ2v) is 7.40. The van der Waals surface area contributed by atoms with Gasteiger partial charge in [-0.1, -0.05) is 30.3 Å². The molecule has 0 aliphatic carbocycles. The summed E-state index contributed by atoms with van der Waals surface area (Å²) in [5.41, 5.74) is 3.60. The van der Waals surface area contributed by atoms with E-state index in [-0.39, 0.29) is 5.91 Å². The first kappa shape index (κ1) is 20.1. The van der Waals surface area contributed by atoms with Gasteiger partial charge in [0.05, 0.1) is 13.2 Å². The Hall–Kier alpha value is -3.19. The molecule has 0 N–H and O–H groups in total. The quantitative estimate of drug-likeness (QED) is 0.631. The zero-order chi connectivity index (χ0) is 20.9. The Morgan fingerprint density at radius 2 is 1.80 bits per heavy atom. The first-order valence-electron chi connectivity index (χ1n) is 10.3. The lowest BCUT2D eigenvalue weighted by Gasteiger charge is -2.26. The Kier molecular flexibility index (Phi) is 6.09. The van der Waals surface area contributed by atoms with Gasteiger partial charge in [0.15, 0.2) is 0 Å². The van der Waals surface area contributed by atoms with Crippen LogP contribution in [-0.2, 0) is 18.3 Å². The van der Waals surface area contributed by atoms with E-state index >= 15 is 0 Å². The molecule has 2 aromatic heterocycles. The summed E-state index contributed by atoms with van der Waals surface area (Å²) in [6, 6.07) is 12.0. The van der Waals surface area contributed by atoms with E-state index in [1.54, 1.807) is 0 Å². The minimum absolute atomic E-state index is 0.0148. The molecule has 1 saturated heterocycles. The van der Waals surface area contributed by atoms with Crippen LogP contribution < -0.4 is 4.90 Å². The first-order valence-corrected chi connectivity index (χ1v) is 10.3. The maximum absolute atomic E-state index is 13.2. The average Bonchev–Trinajstić information content (AvgIpc) is 3.20. The average molecular weight is 406 g/mol. The summed E-state index contributed by atoms with van der Waals surface area (Å²) >= 11 is 0. The first-order chi connectivity index (χ1) is 14.7. The summed E-state index contributed by atoms with van der Waals surface area (Å²) in [5.74, 6) is 0.732. The van der Waals surface area contributed by atoms with E-state index in [2.05, 4.69) is 14.9 Å². The molecule has 156 valence electrons. The van der Waals surface area contributed by atoms with E-state index in [4.69, 9.17) is 4.74 Å². The van der Waals surface area contributed by atoms with Crippen molar-refractivity contribution in [3.8, 4) is 11.1 Å². The molecular formula is C23H27N5O2. The minimum atomic E-state index is 0.0148. The molecule has 7 nitrogen and oxygen atoms in total. The predicted octanol–water partition coefficient (Wildman–Crippen LogP) is 2.98. The summed E-state index contributed by atoms with van der Waals surface area (Å²) in [7, 11) is 1.90. The van der Waals surface area contributed by atoms with E-state index < -0.39 is 0 Å². The lowest BCUT2D eigenvalue weighted by atomic mass is 10.1. The van der Waals surface area contributed by atoms with Crippen LogP contribution >= 0.6 is 0 Å². The highest BCUT2D eigenvalue weighted by atomic mass is 16.5. The predicted molar refractivity (Wildman–Crippen MR) is 116 cm³/mol. The van der Waals surface area contributed by atoms with Gasteiger partial charge in [-0.25, -0.2) is 9.97 Å². The summed E-state index contributed by atoms with van der Waals surface area (Å²) in [6.07, 6.45) is 5.60. The number of anilines is 1. The maximum Gasteiger partial charge on any atom is 0.270 e.